The number of carboxylic acids is 2. The van der Waals surface area contributed by atoms with Crippen molar-refractivity contribution in [3.05, 3.63) is 0 Å². The molecule has 0 aromatic carbocycles. The number of carbonyl (C=O) groups is 5. The summed E-state index contributed by atoms with van der Waals surface area (Å²) in [6.07, 6.45) is -0.690. The van der Waals surface area contributed by atoms with E-state index in [0.717, 1.165) is 0 Å². The Balaban J connectivity index is 5.17. The number of aliphatic carboxylic acids is 2. The standard InChI is InChI=1S/C15H26N4O7/c1-3-7(2)12(15(25)26)19-14(24)9(4-5-11(21)22)18-13(23)8(16)6-10(17)20/h7-9,12H,3-6,16H2,1-2H3,(H2,17,20)(H,18,23)(H,19,24)(H,21,22)(H,25,26)/t7-,8-,9-,12-/m0/s1. The van der Waals surface area contributed by atoms with Crippen LogP contribution in [0.4, 0.5) is 0 Å². The van der Waals surface area contributed by atoms with Gasteiger partial charge in [0.1, 0.15) is 12.1 Å². The predicted octanol–water partition coefficient (Wildman–Crippen LogP) is -1.85. The molecule has 0 saturated heterocycles. The average Bonchev–Trinajstić information content (AvgIpc) is 2.53. The van der Waals surface area contributed by atoms with Gasteiger partial charge < -0.3 is 32.3 Å². The molecule has 4 atom stereocenters. The predicted molar refractivity (Wildman–Crippen MR) is 89.6 cm³/mol. The summed E-state index contributed by atoms with van der Waals surface area (Å²) >= 11 is 0. The fraction of sp³-hybridized carbons (Fsp3) is 0.667. The van der Waals surface area contributed by atoms with E-state index in [4.69, 9.17) is 16.6 Å². The first-order valence-electron chi connectivity index (χ1n) is 8.08. The third-order valence-corrected chi connectivity index (χ3v) is 3.81. The Morgan fingerprint density at radius 3 is 2.04 bits per heavy atom. The van der Waals surface area contributed by atoms with E-state index in [2.05, 4.69) is 10.6 Å². The Hall–Kier alpha value is -2.69. The monoisotopic (exact) mass is 374 g/mol. The normalized spacial score (nSPS) is 15.2. The molecule has 8 N–H and O–H groups in total. The fourth-order valence-electron chi connectivity index (χ4n) is 2.06. The Kier molecular flexibility index (Phi) is 9.89. The maximum Gasteiger partial charge on any atom is 0.326 e. The molecule has 0 spiro atoms. The molecule has 148 valence electrons. The summed E-state index contributed by atoms with van der Waals surface area (Å²) in [5, 5.41) is 22.5. The van der Waals surface area contributed by atoms with Gasteiger partial charge in [0.15, 0.2) is 0 Å². The highest BCUT2D eigenvalue weighted by atomic mass is 16.4. The summed E-state index contributed by atoms with van der Waals surface area (Å²) in [7, 11) is 0. The lowest BCUT2D eigenvalue weighted by atomic mass is 9.98. The van der Waals surface area contributed by atoms with Gasteiger partial charge in [-0.1, -0.05) is 20.3 Å². The Morgan fingerprint density at radius 2 is 1.62 bits per heavy atom. The van der Waals surface area contributed by atoms with E-state index in [1.807, 2.05) is 0 Å². The Labute approximate surface area is 150 Å². The maximum atomic E-state index is 12.4. The molecule has 3 amide bonds. The molecule has 0 fully saturated rings. The van der Waals surface area contributed by atoms with Gasteiger partial charge in [-0.2, -0.15) is 0 Å². The van der Waals surface area contributed by atoms with Crippen LogP contribution < -0.4 is 22.1 Å². The number of amides is 3. The van der Waals surface area contributed by atoms with E-state index in [-0.39, 0.29) is 12.3 Å². The SMILES string of the molecule is CC[C@H](C)[C@H](NC(=O)[C@H](CCC(=O)O)NC(=O)[C@@H](N)CC(N)=O)C(=O)O. The third-order valence-electron chi connectivity index (χ3n) is 3.81. The number of nitrogens with two attached hydrogens (primary N) is 2. The van der Waals surface area contributed by atoms with Gasteiger partial charge in [0.2, 0.25) is 17.7 Å². The van der Waals surface area contributed by atoms with Crippen LogP contribution in [0.3, 0.4) is 0 Å². The second kappa shape index (κ2) is 11.0. The molecule has 11 nitrogen and oxygen atoms in total. The average molecular weight is 374 g/mol. The number of hydrogen-bond donors (Lipinski definition) is 6. The van der Waals surface area contributed by atoms with Crippen molar-refractivity contribution in [1.82, 2.24) is 10.6 Å². The van der Waals surface area contributed by atoms with Gasteiger partial charge in [-0.05, 0) is 12.3 Å². The van der Waals surface area contributed by atoms with Crippen molar-refractivity contribution in [1.29, 1.82) is 0 Å². The van der Waals surface area contributed by atoms with Crippen LogP contribution in [0.5, 0.6) is 0 Å². The summed E-state index contributed by atoms with van der Waals surface area (Å²) in [6, 6.07) is -3.82. The molecule has 0 heterocycles. The first kappa shape index (κ1) is 23.3. The molecule has 0 aliphatic heterocycles. The number of hydrogen-bond acceptors (Lipinski definition) is 6. The molecule has 0 aromatic rings. The lowest BCUT2D eigenvalue weighted by molar-refractivity contribution is -0.144. The number of carboxylic acid groups (broad SMARTS) is 2. The first-order valence-corrected chi connectivity index (χ1v) is 8.08. The largest absolute Gasteiger partial charge is 0.481 e. The van der Waals surface area contributed by atoms with Crippen LogP contribution in [0.15, 0.2) is 0 Å². The van der Waals surface area contributed by atoms with Gasteiger partial charge in [0.25, 0.3) is 0 Å². The lowest BCUT2D eigenvalue weighted by Crippen LogP contribution is -2.56. The molecule has 11 heteroatoms. The first-order chi connectivity index (χ1) is 12.0. The van der Waals surface area contributed by atoms with E-state index in [9.17, 15) is 29.1 Å². The van der Waals surface area contributed by atoms with Crippen molar-refractivity contribution in [2.24, 2.45) is 17.4 Å². The van der Waals surface area contributed by atoms with Crippen molar-refractivity contribution < 1.29 is 34.2 Å². The van der Waals surface area contributed by atoms with Crippen LogP contribution in [0.25, 0.3) is 0 Å². The van der Waals surface area contributed by atoms with Crippen molar-refractivity contribution in [3.63, 3.8) is 0 Å². The molecular weight excluding hydrogens is 348 g/mol. The minimum atomic E-state index is -1.32. The number of rotatable bonds is 12. The molecule has 0 unspecified atom stereocenters. The molecule has 0 aliphatic rings. The molecule has 0 rings (SSSR count). The quantitative estimate of drug-likeness (QED) is 0.228. The lowest BCUT2D eigenvalue weighted by Gasteiger charge is -2.24. The zero-order valence-corrected chi connectivity index (χ0v) is 14.7. The van der Waals surface area contributed by atoms with Gasteiger partial charge in [-0.15, -0.1) is 0 Å². The molecule has 0 bridgehead atoms. The summed E-state index contributed by atoms with van der Waals surface area (Å²) in [5.41, 5.74) is 10.4. The third kappa shape index (κ3) is 8.42. The van der Waals surface area contributed by atoms with Crippen LogP contribution in [0.1, 0.15) is 39.5 Å². The summed E-state index contributed by atoms with van der Waals surface area (Å²) in [4.78, 5) is 57.2. The molecule has 26 heavy (non-hydrogen) atoms. The maximum absolute atomic E-state index is 12.4. The van der Waals surface area contributed by atoms with Crippen LogP contribution in [0.2, 0.25) is 0 Å². The van der Waals surface area contributed by atoms with Crippen molar-refractivity contribution in [2.45, 2.75) is 57.7 Å². The van der Waals surface area contributed by atoms with Crippen LogP contribution in [0, 0.1) is 5.92 Å². The van der Waals surface area contributed by atoms with Crippen LogP contribution in [-0.4, -0.2) is 58.0 Å². The zero-order valence-electron chi connectivity index (χ0n) is 14.7. The van der Waals surface area contributed by atoms with Gasteiger partial charge in [-0.3, -0.25) is 19.2 Å². The van der Waals surface area contributed by atoms with Crippen molar-refractivity contribution >= 4 is 29.7 Å². The molecule has 0 aromatic heterocycles. The van der Waals surface area contributed by atoms with Crippen LogP contribution in [-0.2, 0) is 24.0 Å². The van der Waals surface area contributed by atoms with E-state index >= 15 is 0 Å². The smallest absolute Gasteiger partial charge is 0.326 e. The van der Waals surface area contributed by atoms with Gasteiger partial charge in [0, 0.05) is 6.42 Å². The summed E-state index contributed by atoms with van der Waals surface area (Å²) < 4.78 is 0. The Morgan fingerprint density at radius 1 is 1.04 bits per heavy atom. The zero-order chi connectivity index (χ0) is 20.4. The van der Waals surface area contributed by atoms with Crippen molar-refractivity contribution in [3.8, 4) is 0 Å². The van der Waals surface area contributed by atoms with Gasteiger partial charge >= 0.3 is 11.9 Å². The minimum Gasteiger partial charge on any atom is -0.481 e. The number of carbonyl (C=O) groups excluding carboxylic acids is 3. The van der Waals surface area contributed by atoms with Gasteiger partial charge in [0.05, 0.1) is 12.5 Å². The minimum absolute atomic E-state index is 0.275. The second-order valence-corrected chi connectivity index (χ2v) is 5.98. The van der Waals surface area contributed by atoms with Gasteiger partial charge in [-0.25, -0.2) is 4.79 Å². The molecule has 0 radical (unpaired) electrons. The van der Waals surface area contributed by atoms with E-state index in [0.29, 0.717) is 6.42 Å². The van der Waals surface area contributed by atoms with E-state index < -0.39 is 60.6 Å². The summed E-state index contributed by atoms with van der Waals surface area (Å²) in [5.74, 6) is -5.37. The second-order valence-electron chi connectivity index (χ2n) is 5.98. The van der Waals surface area contributed by atoms with E-state index in [1.165, 1.54) is 0 Å². The summed E-state index contributed by atoms with van der Waals surface area (Å²) in [6.45, 7) is 3.38. The molecular formula is C15H26N4O7. The Bertz CT molecular complexity index is 552. The van der Waals surface area contributed by atoms with E-state index in [1.54, 1.807) is 13.8 Å². The topological polar surface area (TPSA) is 202 Å². The van der Waals surface area contributed by atoms with Crippen molar-refractivity contribution in [2.75, 3.05) is 0 Å². The van der Waals surface area contributed by atoms with Crippen LogP contribution >= 0.6 is 0 Å². The number of primary amides is 1. The fourth-order valence-corrected chi connectivity index (χ4v) is 2.06. The highest BCUT2D eigenvalue weighted by molar-refractivity contribution is 5.93. The number of nitrogens with one attached hydrogen (secondary N) is 2. The highest BCUT2D eigenvalue weighted by Gasteiger charge is 2.30. The molecule has 0 saturated carbocycles. The molecule has 0 aliphatic carbocycles. The highest BCUT2D eigenvalue weighted by Crippen LogP contribution is 2.09.